The molecule has 2 aromatic carbocycles. The number of carbonyl (C=O) groups is 2. The summed E-state index contributed by atoms with van der Waals surface area (Å²) in [6, 6.07) is 21.0. The minimum Gasteiger partial charge on any atom is -0.467 e. The molecule has 3 amide bonds. The van der Waals surface area contributed by atoms with E-state index in [0.29, 0.717) is 12.3 Å². The van der Waals surface area contributed by atoms with E-state index in [9.17, 15) is 9.59 Å². The quantitative estimate of drug-likeness (QED) is 0.588. The molecule has 144 valence electrons. The van der Waals surface area contributed by atoms with Crippen LogP contribution in [0.1, 0.15) is 35.9 Å². The predicted octanol–water partition coefficient (Wildman–Crippen LogP) is 3.55. The van der Waals surface area contributed by atoms with Gasteiger partial charge in [0.1, 0.15) is 11.8 Å². The second kappa shape index (κ2) is 9.53. The molecule has 0 radical (unpaired) electrons. The lowest BCUT2D eigenvalue weighted by molar-refractivity contribution is -0.122. The zero-order chi connectivity index (χ0) is 19.8. The summed E-state index contributed by atoms with van der Waals surface area (Å²) in [6.07, 6.45) is 1.60. The first-order valence-electron chi connectivity index (χ1n) is 9.17. The van der Waals surface area contributed by atoms with Crippen LogP contribution in [0.15, 0.2) is 83.5 Å². The highest BCUT2D eigenvalue weighted by atomic mass is 16.3. The highest BCUT2D eigenvalue weighted by Gasteiger charge is 2.28. The fourth-order valence-electron chi connectivity index (χ4n) is 2.97. The zero-order valence-electron chi connectivity index (χ0n) is 15.6. The summed E-state index contributed by atoms with van der Waals surface area (Å²) in [5.74, 6) is 0.238. The lowest BCUT2D eigenvalue weighted by Crippen LogP contribution is -2.45. The van der Waals surface area contributed by atoms with Crippen molar-refractivity contribution in [1.29, 1.82) is 0 Å². The van der Waals surface area contributed by atoms with Crippen LogP contribution >= 0.6 is 0 Å². The number of amides is 3. The van der Waals surface area contributed by atoms with E-state index < -0.39 is 18.0 Å². The number of urea groups is 1. The molecule has 1 aromatic heterocycles. The van der Waals surface area contributed by atoms with Crippen LogP contribution in [0.2, 0.25) is 0 Å². The third-order valence-electron chi connectivity index (χ3n) is 4.26. The van der Waals surface area contributed by atoms with E-state index in [1.165, 1.54) is 0 Å². The Morgan fingerprint density at radius 3 is 2.11 bits per heavy atom. The Bertz CT molecular complexity index is 880. The summed E-state index contributed by atoms with van der Waals surface area (Å²) >= 11 is 0. The van der Waals surface area contributed by atoms with Gasteiger partial charge < -0.3 is 9.73 Å². The normalized spacial score (nSPS) is 12.8. The van der Waals surface area contributed by atoms with E-state index in [1.54, 1.807) is 19.3 Å². The maximum absolute atomic E-state index is 12.9. The van der Waals surface area contributed by atoms with Crippen LogP contribution in [0.3, 0.4) is 0 Å². The Morgan fingerprint density at radius 2 is 1.54 bits per heavy atom. The van der Waals surface area contributed by atoms with Gasteiger partial charge >= 0.3 is 6.03 Å². The third kappa shape index (κ3) is 4.86. The van der Waals surface area contributed by atoms with Crippen molar-refractivity contribution in [3.63, 3.8) is 0 Å². The molecule has 0 saturated carbocycles. The molecule has 0 fully saturated rings. The van der Waals surface area contributed by atoms with Gasteiger partial charge in [0.2, 0.25) is 5.91 Å². The molecule has 1 heterocycles. The number of hydrogen-bond acceptors (Lipinski definition) is 4. The molecule has 3 rings (SSSR count). The van der Waals surface area contributed by atoms with Crippen LogP contribution in [0.4, 0.5) is 4.79 Å². The second-order valence-electron chi connectivity index (χ2n) is 6.22. The van der Waals surface area contributed by atoms with Crippen molar-refractivity contribution < 1.29 is 14.0 Å². The summed E-state index contributed by atoms with van der Waals surface area (Å²) in [4.78, 5) is 24.8. The molecule has 0 unspecified atom stereocenters. The van der Waals surface area contributed by atoms with Crippen LogP contribution in [0.5, 0.6) is 0 Å². The van der Waals surface area contributed by atoms with E-state index in [-0.39, 0.29) is 6.04 Å². The molecule has 6 nitrogen and oxygen atoms in total. The van der Waals surface area contributed by atoms with Gasteiger partial charge in [-0.3, -0.25) is 15.4 Å². The molecule has 0 aliphatic rings. The molecule has 28 heavy (non-hydrogen) atoms. The molecular formula is C22H23N3O3. The van der Waals surface area contributed by atoms with Crippen LogP contribution in [0.25, 0.3) is 0 Å². The maximum atomic E-state index is 12.9. The van der Waals surface area contributed by atoms with Gasteiger partial charge in [0, 0.05) is 6.54 Å². The van der Waals surface area contributed by atoms with E-state index in [2.05, 4.69) is 16.0 Å². The first kappa shape index (κ1) is 19.4. The summed E-state index contributed by atoms with van der Waals surface area (Å²) in [7, 11) is 0. The van der Waals surface area contributed by atoms with Gasteiger partial charge in [0.25, 0.3) is 0 Å². The summed E-state index contributed by atoms with van der Waals surface area (Å²) in [5, 5.41) is 8.33. The van der Waals surface area contributed by atoms with E-state index in [0.717, 1.165) is 11.1 Å². The van der Waals surface area contributed by atoms with Crippen molar-refractivity contribution in [2.75, 3.05) is 6.54 Å². The molecule has 3 aromatic rings. The van der Waals surface area contributed by atoms with Gasteiger partial charge in [-0.25, -0.2) is 4.79 Å². The van der Waals surface area contributed by atoms with E-state index in [1.807, 2.05) is 66.7 Å². The van der Waals surface area contributed by atoms with Gasteiger partial charge in [-0.1, -0.05) is 60.7 Å². The molecule has 3 N–H and O–H groups in total. The van der Waals surface area contributed by atoms with Crippen molar-refractivity contribution in [2.45, 2.75) is 19.0 Å². The molecule has 0 saturated heterocycles. The van der Waals surface area contributed by atoms with Crippen molar-refractivity contribution >= 4 is 11.9 Å². The Labute approximate surface area is 164 Å². The van der Waals surface area contributed by atoms with Gasteiger partial charge in [-0.15, -0.1) is 0 Å². The number of imide groups is 1. The second-order valence-corrected chi connectivity index (χ2v) is 6.22. The van der Waals surface area contributed by atoms with Crippen LogP contribution in [-0.2, 0) is 4.79 Å². The van der Waals surface area contributed by atoms with Gasteiger partial charge in [-0.05, 0) is 30.2 Å². The first-order chi connectivity index (χ1) is 13.7. The molecule has 0 aliphatic carbocycles. The highest BCUT2D eigenvalue weighted by Crippen LogP contribution is 2.26. The van der Waals surface area contributed by atoms with E-state index in [4.69, 9.17) is 4.42 Å². The minimum absolute atomic E-state index is 0.360. The van der Waals surface area contributed by atoms with Gasteiger partial charge in [-0.2, -0.15) is 0 Å². The fourth-order valence-corrected chi connectivity index (χ4v) is 2.97. The van der Waals surface area contributed by atoms with Crippen molar-refractivity contribution in [2.24, 2.45) is 0 Å². The Balaban J connectivity index is 1.92. The smallest absolute Gasteiger partial charge is 0.321 e. The topological polar surface area (TPSA) is 83.4 Å². The molecule has 0 spiro atoms. The molecular weight excluding hydrogens is 354 g/mol. The average Bonchev–Trinajstić information content (AvgIpc) is 3.24. The monoisotopic (exact) mass is 377 g/mol. The zero-order valence-corrected chi connectivity index (χ0v) is 15.6. The molecule has 2 atom stereocenters. The van der Waals surface area contributed by atoms with Crippen LogP contribution < -0.4 is 16.0 Å². The number of rotatable bonds is 7. The van der Waals surface area contributed by atoms with Gasteiger partial charge in [0.05, 0.1) is 12.3 Å². The summed E-state index contributed by atoms with van der Waals surface area (Å²) in [6.45, 7) is 2.22. The minimum atomic E-state index is -0.751. The van der Waals surface area contributed by atoms with Crippen LogP contribution in [0, 0.1) is 0 Å². The average molecular weight is 377 g/mol. The third-order valence-corrected chi connectivity index (χ3v) is 4.26. The van der Waals surface area contributed by atoms with Crippen molar-refractivity contribution in [3.05, 3.63) is 95.9 Å². The molecule has 0 aliphatic heterocycles. The number of furan rings is 1. The Morgan fingerprint density at radius 1 is 0.893 bits per heavy atom. The number of benzene rings is 2. The van der Waals surface area contributed by atoms with E-state index >= 15 is 0 Å². The van der Waals surface area contributed by atoms with Crippen LogP contribution in [-0.4, -0.2) is 18.5 Å². The summed E-state index contributed by atoms with van der Waals surface area (Å²) < 4.78 is 5.61. The number of nitrogens with one attached hydrogen (secondary N) is 3. The SMILES string of the molecule is CCNC(=O)NC(=O)[C@@H](N[C@H](c1ccccc1)c1ccco1)c1ccccc1. The predicted molar refractivity (Wildman–Crippen MR) is 107 cm³/mol. The van der Waals surface area contributed by atoms with Gasteiger partial charge in [0.15, 0.2) is 0 Å². The maximum Gasteiger partial charge on any atom is 0.321 e. The molecule has 0 bridgehead atoms. The molecule has 6 heteroatoms. The summed E-state index contributed by atoms with van der Waals surface area (Å²) in [5.41, 5.74) is 1.70. The van der Waals surface area contributed by atoms with Crippen molar-refractivity contribution in [3.8, 4) is 0 Å². The highest BCUT2D eigenvalue weighted by molar-refractivity contribution is 5.97. The first-order valence-corrected chi connectivity index (χ1v) is 9.17. The largest absolute Gasteiger partial charge is 0.467 e. The standard InChI is InChI=1S/C22H23N3O3/c1-2-23-22(27)25-21(26)20(17-12-7-4-8-13-17)24-19(18-14-9-15-28-18)16-10-5-3-6-11-16/h3-15,19-20,24H,2H2,1H3,(H2,23,25,26,27)/t19-,20+/m1/s1. The lowest BCUT2D eigenvalue weighted by Gasteiger charge is -2.24. The van der Waals surface area contributed by atoms with Crippen molar-refractivity contribution in [1.82, 2.24) is 16.0 Å². The Kier molecular flexibility index (Phi) is 6.59. The fraction of sp³-hybridized carbons (Fsp3) is 0.182. The Hall–Kier alpha value is -3.38. The number of hydrogen-bond donors (Lipinski definition) is 3. The number of carbonyl (C=O) groups excluding carboxylic acids is 2. The lowest BCUT2D eigenvalue weighted by atomic mass is 10.00.